The lowest BCUT2D eigenvalue weighted by atomic mass is 10.1. The lowest BCUT2D eigenvalue weighted by Crippen LogP contribution is -2.44. The molecule has 5 rings (SSSR count). The number of nitrogens with zero attached hydrogens (tertiary/aromatic N) is 4. The minimum atomic E-state index is -0.388. The van der Waals surface area contributed by atoms with Gasteiger partial charge in [-0.1, -0.05) is 12.1 Å². The van der Waals surface area contributed by atoms with Gasteiger partial charge in [-0.25, -0.2) is 4.98 Å². The normalized spacial score (nSPS) is 15.1. The average Bonchev–Trinajstić information content (AvgIpc) is 3.19. The van der Waals surface area contributed by atoms with Crippen molar-refractivity contribution in [2.24, 2.45) is 0 Å². The summed E-state index contributed by atoms with van der Waals surface area (Å²) in [6.45, 7) is 4.43. The number of anilines is 1. The highest BCUT2D eigenvalue weighted by molar-refractivity contribution is 7.24. The molecule has 166 valence electrons. The fourth-order valence-corrected chi connectivity index (χ4v) is 5.33. The van der Waals surface area contributed by atoms with Crippen LogP contribution in [0.5, 0.6) is 0 Å². The Kier molecular flexibility index (Phi) is 5.54. The molecule has 1 aliphatic heterocycles. The molecule has 0 unspecified atom stereocenters. The zero-order valence-electron chi connectivity index (χ0n) is 18.1. The first-order chi connectivity index (χ1) is 15.6. The third kappa shape index (κ3) is 3.52. The highest BCUT2D eigenvalue weighted by Gasteiger charge is 2.23. The Morgan fingerprint density at radius 1 is 1.16 bits per heavy atom. The third-order valence-corrected chi connectivity index (χ3v) is 7.06. The smallest absolute Gasteiger partial charge is 0.258 e. The van der Waals surface area contributed by atoms with E-state index in [0.29, 0.717) is 29.0 Å². The number of pyridine rings is 2. The molecule has 0 bridgehead atoms. The Morgan fingerprint density at radius 2 is 1.94 bits per heavy atom. The number of nitrogens with one attached hydrogen (secondary N) is 1. The fraction of sp³-hybridized carbons (Fsp3) is 0.348. The topological polar surface area (TPSA) is 79.2 Å². The van der Waals surface area contributed by atoms with Crippen LogP contribution in [0.25, 0.3) is 26.1 Å². The van der Waals surface area contributed by atoms with Gasteiger partial charge in [-0.05, 0) is 31.3 Å². The summed E-state index contributed by atoms with van der Waals surface area (Å²) in [5.41, 5.74) is 1.39. The molecule has 0 aliphatic carbocycles. The number of rotatable bonds is 5. The minimum Gasteiger partial charge on any atom is -0.383 e. The number of hydrogen-bond acceptors (Lipinski definition) is 7. The second-order valence-electron chi connectivity index (χ2n) is 7.99. The van der Waals surface area contributed by atoms with Crippen LogP contribution in [0.3, 0.4) is 0 Å². The number of carbonyl (C=O) groups excluding carboxylic acids is 1. The van der Waals surface area contributed by atoms with Gasteiger partial charge in [0.2, 0.25) is 5.43 Å². The van der Waals surface area contributed by atoms with Crippen LogP contribution in [0, 0.1) is 0 Å². The predicted molar refractivity (Wildman–Crippen MR) is 128 cm³/mol. The van der Waals surface area contributed by atoms with E-state index in [1.807, 2.05) is 40.8 Å². The molecule has 1 aromatic carbocycles. The van der Waals surface area contributed by atoms with Crippen molar-refractivity contribution in [3.05, 3.63) is 52.2 Å². The summed E-state index contributed by atoms with van der Waals surface area (Å²) in [5, 5.41) is 3.25. The summed E-state index contributed by atoms with van der Waals surface area (Å²) in [5.74, 6) is 0.465. The number of ether oxygens (including phenoxy) is 1. The van der Waals surface area contributed by atoms with Gasteiger partial charge in [0, 0.05) is 39.8 Å². The molecule has 4 heterocycles. The number of likely N-dealkylation sites (N-methyl/N-ethyl adjacent to an activating group) is 1. The van der Waals surface area contributed by atoms with E-state index >= 15 is 0 Å². The molecule has 3 aromatic heterocycles. The molecule has 0 saturated carbocycles. The van der Waals surface area contributed by atoms with Crippen molar-refractivity contribution in [2.75, 3.05) is 58.4 Å². The maximum absolute atomic E-state index is 13.5. The second kappa shape index (κ2) is 8.50. The lowest BCUT2D eigenvalue weighted by Gasteiger charge is -2.33. The van der Waals surface area contributed by atoms with Crippen LogP contribution < -0.4 is 15.6 Å². The predicted octanol–water partition coefficient (Wildman–Crippen LogP) is 2.19. The number of piperazine rings is 1. The summed E-state index contributed by atoms with van der Waals surface area (Å²) in [6.07, 6.45) is 0. The van der Waals surface area contributed by atoms with Crippen molar-refractivity contribution in [1.82, 2.24) is 19.6 Å². The highest BCUT2D eigenvalue weighted by atomic mass is 32.1. The Hall–Kier alpha value is -3.01. The molecule has 0 spiro atoms. The molecule has 1 fully saturated rings. The number of fused-ring (bicyclic) bond motifs is 5. The van der Waals surface area contributed by atoms with Gasteiger partial charge in [-0.2, -0.15) is 0 Å². The standard InChI is InChI=1S/C23H25N5O3S/c1-26-10-12-27(13-11-26)18-8-7-15-20(29)19(22(30)24-9-14-31-2)23-28(21(15)25-18)16-5-3-4-6-17(16)32-23/h3-8H,9-14H2,1-2H3,(H,24,30). The molecule has 0 atom stereocenters. The Morgan fingerprint density at radius 3 is 2.72 bits per heavy atom. The first-order valence-electron chi connectivity index (χ1n) is 10.7. The first-order valence-corrected chi connectivity index (χ1v) is 11.5. The first kappa shape index (κ1) is 20.9. The van der Waals surface area contributed by atoms with Crippen molar-refractivity contribution < 1.29 is 9.53 Å². The van der Waals surface area contributed by atoms with E-state index in [0.717, 1.165) is 42.2 Å². The molecule has 32 heavy (non-hydrogen) atoms. The van der Waals surface area contributed by atoms with E-state index in [9.17, 15) is 9.59 Å². The van der Waals surface area contributed by atoms with E-state index in [1.165, 1.54) is 11.3 Å². The van der Waals surface area contributed by atoms with Gasteiger partial charge < -0.3 is 19.9 Å². The summed E-state index contributed by atoms with van der Waals surface area (Å²) in [6, 6.07) is 11.6. The van der Waals surface area contributed by atoms with E-state index < -0.39 is 0 Å². The van der Waals surface area contributed by atoms with Gasteiger partial charge >= 0.3 is 0 Å². The van der Waals surface area contributed by atoms with E-state index in [4.69, 9.17) is 9.72 Å². The molecule has 1 amide bonds. The molecule has 1 saturated heterocycles. The third-order valence-electron chi connectivity index (χ3n) is 5.92. The molecule has 9 heteroatoms. The van der Waals surface area contributed by atoms with Gasteiger partial charge in [0.25, 0.3) is 5.91 Å². The van der Waals surface area contributed by atoms with Gasteiger partial charge in [0.05, 0.1) is 22.2 Å². The number of carbonyl (C=O) groups is 1. The molecule has 4 aromatic rings. The number of aromatic nitrogens is 2. The van der Waals surface area contributed by atoms with Crippen LogP contribution in [0.2, 0.25) is 0 Å². The number of methoxy groups -OCH3 is 1. The Labute approximate surface area is 189 Å². The van der Waals surface area contributed by atoms with Crippen LogP contribution in [-0.4, -0.2) is 73.7 Å². The van der Waals surface area contributed by atoms with Crippen molar-refractivity contribution in [1.29, 1.82) is 0 Å². The molecular weight excluding hydrogens is 426 g/mol. The Bertz CT molecular complexity index is 1370. The second-order valence-corrected chi connectivity index (χ2v) is 9.02. The van der Waals surface area contributed by atoms with E-state index in [1.54, 1.807) is 7.11 Å². The lowest BCUT2D eigenvalue weighted by molar-refractivity contribution is 0.0937. The van der Waals surface area contributed by atoms with Gasteiger partial charge in [0.15, 0.2) is 5.65 Å². The summed E-state index contributed by atoms with van der Waals surface area (Å²) >= 11 is 1.44. The van der Waals surface area contributed by atoms with Crippen molar-refractivity contribution in [3.63, 3.8) is 0 Å². The molecule has 0 radical (unpaired) electrons. The number of amides is 1. The summed E-state index contributed by atoms with van der Waals surface area (Å²) < 4.78 is 7.99. The van der Waals surface area contributed by atoms with Crippen molar-refractivity contribution >= 4 is 49.1 Å². The van der Waals surface area contributed by atoms with Crippen LogP contribution >= 0.6 is 11.3 Å². The quantitative estimate of drug-likeness (QED) is 0.469. The largest absolute Gasteiger partial charge is 0.383 e. The zero-order valence-corrected chi connectivity index (χ0v) is 18.9. The summed E-state index contributed by atoms with van der Waals surface area (Å²) in [7, 11) is 3.69. The average molecular weight is 452 g/mol. The number of thiazole rings is 1. The maximum atomic E-state index is 13.5. The highest BCUT2D eigenvalue weighted by Crippen LogP contribution is 2.31. The number of hydrogen-bond donors (Lipinski definition) is 1. The summed E-state index contributed by atoms with van der Waals surface area (Å²) in [4.78, 5) is 36.6. The van der Waals surface area contributed by atoms with E-state index in [2.05, 4.69) is 22.2 Å². The van der Waals surface area contributed by atoms with Gasteiger partial charge in [-0.3, -0.25) is 14.0 Å². The fourth-order valence-electron chi connectivity index (χ4n) is 4.15. The van der Waals surface area contributed by atoms with Gasteiger partial charge in [0.1, 0.15) is 16.2 Å². The monoisotopic (exact) mass is 451 g/mol. The van der Waals surface area contributed by atoms with Crippen LogP contribution in [0.1, 0.15) is 10.4 Å². The molecule has 8 nitrogen and oxygen atoms in total. The van der Waals surface area contributed by atoms with Crippen molar-refractivity contribution in [3.8, 4) is 0 Å². The Balaban J connectivity index is 1.74. The van der Waals surface area contributed by atoms with Crippen LogP contribution in [0.15, 0.2) is 41.2 Å². The van der Waals surface area contributed by atoms with E-state index in [-0.39, 0.29) is 16.9 Å². The number of benzene rings is 1. The molecular formula is C23H25N5O3S. The zero-order chi connectivity index (χ0) is 22.2. The maximum Gasteiger partial charge on any atom is 0.258 e. The SMILES string of the molecule is COCCNC(=O)c1c(=O)c2ccc(N3CCN(C)CC3)nc2n2c1sc1ccccc12. The van der Waals surface area contributed by atoms with Crippen molar-refractivity contribution in [2.45, 2.75) is 0 Å². The minimum absolute atomic E-state index is 0.156. The molecule has 1 aliphatic rings. The van der Waals surface area contributed by atoms with Crippen LogP contribution in [0.4, 0.5) is 5.82 Å². The number of para-hydroxylation sites is 1. The molecule has 1 N–H and O–H groups in total. The van der Waals surface area contributed by atoms with Gasteiger partial charge in [-0.15, -0.1) is 11.3 Å². The van der Waals surface area contributed by atoms with Crippen LogP contribution in [-0.2, 0) is 4.74 Å².